The second-order valence-corrected chi connectivity index (χ2v) is 13.0. The molecule has 1 saturated heterocycles. The standard InChI is InChI=1S/C36H47N7O3/c1-24-21-25(22-32(38-24)30-7-5-6-8-34(30)46-4)35(45)40-36-39-31-14-11-28(23-33(31)43(36)27-9-12-29(44)13-10-27)42-18-15-26(16-19-42)37-17-20-41(2)3/h5-8,11,14,21-23,26-27,29,37,44H,9-10,12-13,15-20H2,1-4H3,(H,39,40,45). The minimum atomic E-state index is -0.277. The summed E-state index contributed by atoms with van der Waals surface area (Å²) in [6.07, 6.45) is 5.06. The van der Waals surface area contributed by atoms with Crippen molar-refractivity contribution in [2.75, 3.05) is 57.6 Å². The summed E-state index contributed by atoms with van der Waals surface area (Å²) in [4.78, 5) is 28.2. The number of carbonyl (C=O) groups excluding carboxylic acids is 1. The van der Waals surface area contributed by atoms with Gasteiger partial charge in [0.05, 0.1) is 29.9 Å². The van der Waals surface area contributed by atoms with E-state index in [1.165, 1.54) is 5.69 Å². The van der Waals surface area contributed by atoms with Crippen molar-refractivity contribution >= 4 is 28.6 Å². The number of hydrogen-bond acceptors (Lipinski definition) is 8. The van der Waals surface area contributed by atoms with E-state index in [9.17, 15) is 9.90 Å². The van der Waals surface area contributed by atoms with Gasteiger partial charge in [-0.2, -0.15) is 0 Å². The Balaban J connectivity index is 1.27. The third-order valence-electron chi connectivity index (χ3n) is 9.38. The number of benzene rings is 2. The van der Waals surface area contributed by atoms with Crippen molar-refractivity contribution in [1.29, 1.82) is 0 Å². The minimum absolute atomic E-state index is 0.133. The molecular formula is C36H47N7O3. The average Bonchev–Trinajstić information content (AvgIpc) is 3.42. The highest BCUT2D eigenvalue weighted by Gasteiger charge is 2.27. The molecule has 10 heteroatoms. The summed E-state index contributed by atoms with van der Waals surface area (Å²) in [6.45, 7) is 5.93. The van der Waals surface area contributed by atoms with Crippen molar-refractivity contribution < 1.29 is 14.6 Å². The molecule has 46 heavy (non-hydrogen) atoms. The van der Waals surface area contributed by atoms with Crippen molar-refractivity contribution in [3.05, 3.63) is 65.9 Å². The fourth-order valence-corrected chi connectivity index (χ4v) is 6.85. The van der Waals surface area contributed by atoms with E-state index in [0.717, 1.165) is 87.0 Å². The lowest BCUT2D eigenvalue weighted by Crippen LogP contribution is -2.44. The van der Waals surface area contributed by atoms with Crippen LogP contribution in [0.1, 0.15) is 60.6 Å². The van der Waals surface area contributed by atoms with Crippen molar-refractivity contribution in [3.8, 4) is 17.0 Å². The molecule has 0 spiro atoms. The quantitative estimate of drug-likeness (QED) is 0.219. The highest BCUT2D eigenvalue weighted by molar-refractivity contribution is 6.05. The molecule has 1 aliphatic carbocycles. The van der Waals surface area contributed by atoms with Gasteiger partial charge in [0.2, 0.25) is 5.95 Å². The van der Waals surface area contributed by atoms with Crippen LogP contribution < -0.4 is 20.3 Å². The number of likely N-dealkylation sites (N-methyl/N-ethyl adjacent to an activating group) is 1. The molecular weight excluding hydrogens is 578 g/mol. The first kappa shape index (κ1) is 32.0. The monoisotopic (exact) mass is 625 g/mol. The summed E-state index contributed by atoms with van der Waals surface area (Å²) in [7, 11) is 5.85. The molecule has 2 fully saturated rings. The Morgan fingerprint density at radius 2 is 1.76 bits per heavy atom. The summed E-state index contributed by atoms with van der Waals surface area (Å²) >= 11 is 0. The molecule has 3 heterocycles. The minimum Gasteiger partial charge on any atom is -0.496 e. The lowest BCUT2D eigenvalue weighted by molar-refractivity contribution is 0.102. The van der Waals surface area contributed by atoms with Crippen molar-refractivity contribution in [2.45, 2.75) is 63.6 Å². The third kappa shape index (κ3) is 7.19. The number of rotatable bonds is 10. The maximum Gasteiger partial charge on any atom is 0.258 e. The van der Waals surface area contributed by atoms with Crippen LogP contribution in [0.2, 0.25) is 0 Å². The average molecular weight is 626 g/mol. The number of carbonyl (C=O) groups is 1. The molecule has 0 unspecified atom stereocenters. The first-order valence-electron chi connectivity index (χ1n) is 16.6. The molecule has 0 atom stereocenters. The second-order valence-electron chi connectivity index (χ2n) is 13.0. The Labute approximate surface area is 271 Å². The van der Waals surface area contributed by atoms with Gasteiger partial charge in [0.1, 0.15) is 5.75 Å². The SMILES string of the molecule is COc1ccccc1-c1cc(C(=O)Nc2nc3ccc(N4CCC(NCCN(C)C)CC4)cc3n2C2CCC(O)CC2)cc(C)n1. The number of para-hydroxylation sites is 1. The van der Waals surface area contributed by atoms with E-state index in [1.807, 2.05) is 31.2 Å². The Morgan fingerprint density at radius 3 is 2.50 bits per heavy atom. The fraction of sp³-hybridized carbons (Fsp3) is 0.472. The van der Waals surface area contributed by atoms with E-state index < -0.39 is 0 Å². The molecule has 2 aromatic heterocycles. The maximum absolute atomic E-state index is 13.8. The smallest absolute Gasteiger partial charge is 0.258 e. The molecule has 10 nitrogen and oxygen atoms in total. The Bertz CT molecular complexity index is 1650. The van der Waals surface area contributed by atoms with E-state index in [-0.39, 0.29) is 18.1 Å². The molecule has 4 aromatic rings. The van der Waals surface area contributed by atoms with Gasteiger partial charge in [0.15, 0.2) is 0 Å². The van der Waals surface area contributed by atoms with Crippen LogP contribution in [0.3, 0.4) is 0 Å². The number of nitrogens with one attached hydrogen (secondary N) is 2. The van der Waals surface area contributed by atoms with Crippen LogP contribution in [0.15, 0.2) is 54.6 Å². The van der Waals surface area contributed by atoms with Gasteiger partial charge in [-0.1, -0.05) is 12.1 Å². The molecule has 244 valence electrons. The number of aliphatic hydroxyl groups excluding tert-OH is 1. The summed E-state index contributed by atoms with van der Waals surface area (Å²) in [5, 5.41) is 17.1. The summed E-state index contributed by atoms with van der Waals surface area (Å²) < 4.78 is 7.76. The normalized spacial score (nSPS) is 19.1. The fourth-order valence-electron chi connectivity index (χ4n) is 6.85. The number of imidazole rings is 1. The molecule has 6 rings (SSSR count). The van der Waals surface area contributed by atoms with Crippen molar-refractivity contribution in [3.63, 3.8) is 0 Å². The van der Waals surface area contributed by atoms with Crippen LogP contribution in [0, 0.1) is 6.92 Å². The van der Waals surface area contributed by atoms with Crippen LogP contribution >= 0.6 is 0 Å². The van der Waals surface area contributed by atoms with Crippen LogP contribution in [0.25, 0.3) is 22.3 Å². The van der Waals surface area contributed by atoms with Crippen molar-refractivity contribution in [1.82, 2.24) is 24.8 Å². The number of piperidine rings is 1. The van der Waals surface area contributed by atoms with Crippen LogP contribution in [-0.4, -0.2) is 90.0 Å². The Morgan fingerprint density at radius 1 is 1.00 bits per heavy atom. The van der Waals surface area contributed by atoms with Crippen molar-refractivity contribution in [2.24, 2.45) is 0 Å². The molecule has 1 saturated carbocycles. The van der Waals surface area contributed by atoms with Gasteiger partial charge in [-0.15, -0.1) is 0 Å². The zero-order chi connectivity index (χ0) is 32.2. The third-order valence-corrected chi connectivity index (χ3v) is 9.38. The van der Waals surface area contributed by atoms with E-state index in [2.05, 4.69) is 57.3 Å². The predicted molar refractivity (Wildman–Crippen MR) is 184 cm³/mol. The summed E-state index contributed by atoms with van der Waals surface area (Å²) in [6, 6.07) is 18.4. The van der Waals surface area contributed by atoms with Gasteiger partial charge < -0.3 is 29.5 Å². The highest BCUT2D eigenvalue weighted by atomic mass is 16.5. The highest BCUT2D eigenvalue weighted by Crippen LogP contribution is 2.36. The van der Waals surface area contributed by atoms with E-state index >= 15 is 0 Å². The molecule has 1 aliphatic heterocycles. The number of anilines is 2. The van der Waals surface area contributed by atoms with E-state index in [4.69, 9.17) is 14.7 Å². The zero-order valence-corrected chi connectivity index (χ0v) is 27.5. The van der Waals surface area contributed by atoms with Gasteiger partial charge in [-0.25, -0.2) is 4.98 Å². The topological polar surface area (TPSA) is 108 Å². The largest absolute Gasteiger partial charge is 0.496 e. The first-order valence-corrected chi connectivity index (χ1v) is 16.6. The molecule has 2 aliphatic rings. The van der Waals surface area contributed by atoms with Gasteiger partial charge in [0.25, 0.3) is 5.91 Å². The predicted octanol–water partition coefficient (Wildman–Crippen LogP) is 5.26. The van der Waals surface area contributed by atoms with Crippen LogP contribution in [0.5, 0.6) is 5.75 Å². The number of methoxy groups -OCH3 is 1. The van der Waals surface area contributed by atoms with Gasteiger partial charge >= 0.3 is 0 Å². The number of amides is 1. The molecule has 3 N–H and O–H groups in total. The number of aromatic nitrogens is 3. The number of nitrogens with zero attached hydrogens (tertiary/aromatic N) is 5. The molecule has 2 aromatic carbocycles. The zero-order valence-electron chi connectivity index (χ0n) is 27.5. The molecule has 1 amide bonds. The van der Waals surface area contributed by atoms with Gasteiger partial charge in [-0.3, -0.25) is 15.1 Å². The molecule has 0 radical (unpaired) electrons. The number of hydrogen-bond donors (Lipinski definition) is 3. The van der Waals surface area contributed by atoms with E-state index in [0.29, 0.717) is 29.0 Å². The lowest BCUT2D eigenvalue weighted by atomic mass is 9.93. The Hall–Kier alpha value is -3.99. The molecule has 0 bridgehead atoms. The Kier molecular flexibility index (Phi) is 9.86. The number of ether oxygens (including phenoxy) is 1. The van der Waals surface area contributed by atoms with Crippen LogP contribution in [0.4, 0.5) is 11.6 Å². The second kappa shape index (κ2) is 14.2. The van der Waals surface area contributed by atoms with Gasteiger partial charge in [-0.05, 0) is 102 Å². The summed E-state index contributed by atoms with van der Waals surface area (Å²) in [5.41, 5.74) is 5.81. The summed E-state index contributed by atoms with van der Waals surface area (Å²) in [5.74, 6) is 1.00. The van der Waals surface area contributed by atoms with E-state index in [1.54, 1.807) is 19.2 Å². The van der Waals surface area contributed by atoms with Gasteiger partial charge in [0, 0.05) is 60.8 Å². The number of aryl methyl sites for hydroxylation is 1. The number of pyridine rings is 1. The lowest BCUT2D eigenvalue weighted by Gasteiger charge is -2.34. The maximum atomic E-state index is 13.8. The van der Waals surface area contributed by atoms with Crippen LogP contribution in [-0.2, 0) is 0 Å². The first-order chi connectivity index (χ1) is 22.3. The number of fused-ring (bicyclic) bond motifs is 1. The number of aliphatic hydroxyl groups is 1.